The lowest BCUT2D eigenvalue weighted by Gasteiger charge is -2.41. The summed E-state index contributed by atoms with van der Waals surface area (Å²) in [5.41, 5.74) is 2.88. The molecule has 0 amide bonds. The Morgan fingerprint density at radius 1 is 1.03 bits per heavy atom. The molecule has 3 aromatic rings. The monoisotopic (exact) mass is 511 g/mol. The van der Waals surface area contributed by atoms with E-state index < -0.39 is 28.0 Å². The topological polar surface area (TPSA) is 83.9 Å². The van der Waals surface area contributed by atoms with Crippen LogP contribution >= 0.6 is 11.8 Å². The summed E-state index contributed by atoms with van der Waals surface area (Å²) in [7, 11) is -2.28. The summed E-state index contributed by atoms with van der Waals surface area (Å²) in [6.45, 7) is 1.82. The standard InChI is InChI=1S/C27H29NO5S2/c1-19-8-14-23(15-9-19)35(31,32)28-17-24(27(29)30)26(16-25(28)21-6-4-3-5-7-21)34-18-20-10-12-22(33-2)13-11-20/h3-15,24-26H,16-18H2,1-2H3,(H,29,30)/t24-,25+,26-/m1/s1. The molecule has 0 radical (unpaired) electrons. The summed E-state index contributed by atoms with van der Waals surface area (Å²) < 4.78 is 34.0. The lowest BCUT2D eigenvalue weighted by molar-refractivity contribution is -0.143. The van der Waals surface area contributed by atoms with Crippen LogP contribution in [0.5, 0.6) is 5.75 Å². The third-order valence-electron chi connectivity index (χ3n) is 6.38. The largest absolute Gasteiger partial charge is 0.497 e. The van der Waals surface area contributed by atoms with Crippen LogP contribution in [0.4, 0.5) is 0 Å². The Morgan fingerprint density at radius 3 is 2.29 bits per heavy atom. The van der Waals surface area contributed by atoms with Gasteiger partial charge in [0.25, 0.3) is 0 Å². The number of hydrogen-bond acceptors (Lipinski definition) is 5. The maximum Gasteiger partial charge on any atom is 0.308 e. The van der Waals surface area contributed by atoms with Crippen molar-refractivity contribution in [3.63, 3.8) is 0 Å². The third kappa shape index (κ3) is 5.72. The summed E-state index contributed by atoms with van der Waals surface area (Å²) in [6, 6.07) is 23.4. The van der Waals surface area contributed by atoms with E-state index in [1.54, 1.807) is 43.1 Å². The normalized spacial score (nSPS) is 20.9. The number of carbonyl (C=O) groups is 1. The molecule has 1 fully saturated rings. The van der Waals surface area contributed by atoms with E-state index in [0.29, 0.717) is 12.2 Å². The van der Waals surface area contributed by atoms with Crippen LogP contribution in [-0.2, 0) is 20.6 Å². The average Bonchev–Trinajstić information content (AvgIpc) is 2.88. The van der Waals surface area contributed by atoms with Gasteiger partial charge in [-0.05, 0) is 48.7 Å². The molecule has 8 heteroatoms. The molecule has 1 aliphatic rings. The summed E-state index contributed by atoms with van der Waals surface area (Å²) in [4.78, 5) is 12.5. The van der Waals surface area contributed by atoms with E-state index in [1.807, 2.05) is 61.5 Å². The number of carboxylic acids is 1. The maximum absolute atomic E-state index is 13.7. The highest BCUT2D eigenvalue weighted by molar-refractivity contribution is 7.99. The molecular weight excluding hydrogens is 482 g/mol. The van der Waals surface area contributed by atoms with Crippen LogP contribution in [0.2, 0.25) is 0 Å². The molecule has 35 heavy (non-hydrogen) atoms. The molecule has 3 atom stereocenters. The SMILES string of the molecule is COc1ccc(CS[C@@H]2C[C@@H](c3ccccc3)N(S(=O)(=O)c3ccc(C)cc3)C[C@H]2C(=O)O)cc1. The molecule has 0 saturated carbocycles. The highest BCUT2D eigenvalue weighted by Gasteiger charge is 2.45. The molecule has 0 aliphatic carbocycles. The third-order valence-corrected chi connectivity index (χ3v) is 9.72. The van der Waals surface area contributed by atoms with E-state index in [2.05, 4.69) is 0 Å². The Morgan fingerprint density at radius 2 is 1.69 bits per heavy atom. The van der Waals surface area contributed by atoms with E-state index in [1.165, 1.54) is 4.31 Å². The Bertz CT molecular complexity index is 1240. The van der Waals surface area contributed by atoms with E-state index in [9.17, 15) is 18.3 Å². The van der Waals surface area contributed by atoms with Crippen LogP contribution in [0.3, 0.4) is 0 Å². The number of sulfonamides is 1. The van der Waals surface area contributed by atoms with Gasteiger partial charge in [-0.15, -0.1) is 0 Å². The minimum absolute atomic E-state index is 0.0780. The summed E-state index contributed by atoms with van der Waals surface area (Å²) >= 11 is 1.57. The molecular formula is C27H29NO5S2. The molecule has 1 heterocycles. The van der Waals surface area contributed by atoms with Gasteiger partial charge in [0.2, 0.25) is 10.0 Å². The zero-order valence-electron chi connectivity index (χ0n) is 19.7. The van der Waals surface area contributed by atoms with E-state index in [-0.39, 0.29) is 16.7 Å². The number of aliphatic carboxylic acids is 1. The van der Waals surface area contributed by atoms with E-state index >= 15 is 0 Å². The molecule has 6 nitrogen and oxygen atoms in total. The highest BCUT2D eigenvalue weighted by atomic mass is 32.2. The summed E-state index contributed by atoms with van der Waals surface area (Å²) in [6.07, 6.45) is 0.410. The smallest absolute Gasteiger partial charge is 0.308 e. The average molecular weight is 512 g/mol. The van der Waals surface area contributed by atoms with Gasteiger partial charge < -0.3 is 9.84 Å². The molecule has 1 saturated heterocycles. The number of hydrogen-bond donors (Lipinski definition) is 1. The number of thioether (sulfide) groups is 1. The van der Waals surface area contributed by atoms with E-state index in [0.717, 1.165) is 22.4 Å². The van der Waals surface area contributed by atoms with Crippen LogP contribution in [0.15, 0.2) is 83.8 Å². The van der Waals surface area contributed by atoms with Crippen molar-refractivity contribution >= 4 is 27.8 Å². The number of ether oxygens (including phenoxy) is 1. The lowest BCUT2D eigenvalue weighted by Crippen LogP contribution is -2.49. The number of carboxylic acid groups (broad SMARTS) is 1. The van der Waals surface area contributed by atoms with Crippen LogP contribution in [0.1, 0.15) is 29.2 Å². The fourth-order valence-electron chi connectivity index (χ4n) is 4.38. The van der Waals surface area contributed by atoms with Gasteiger partial charge in [0, 0.05) is 17.5 Å². The quantitative estimate of drug-likeness (QED) is 0.451. The zero-order valence-corrected chi connectivity index (χ0v) is 21.3. The van der Waals surface area contributed by atoms with Crippen molar-refractivity contribution in [1.29, 1.82) is 0 Å². The number of nitrogens with zero attached hydrogens (tertiary/aromatic N) is 1. The predicted molar refractivity (Wildman–Crippen MR) is 138 cm³/mol. The molecule has 0 bridgehead atoms. The molecule has 0 aromatic heterocycles. The summed E-state index contributed by atoms with van der Waals surface area (Å²) in [5, 5.41) is 9.82. The first-order valence-electron chi connectivity index (χ1n) is 11.4. The number of aryl methyl sites for hydroxylation is 1. The minimum Gasteiger partial charge on any atom is -0.497 e. The highest BCUT2D eigenvalue weighted by Crippen LogP contribution is 2.43. The molecule has 4 rings (SSSR count). The van der Waals surface area contributed by atoms with Gasteiger partial charge in [-0.3, -0.25) is 4.79 Å². The van der Waals surface area contributed by atoms with Crippen molar-refractivity contribution in [2.75, 3.05) is 13.7 Å². The van der Waals surface area contributed by atoms with Gasteiger partial charge in [-0.2, -0.15) is 16.1 Å². The Labute approximate surface area is 211 Å². The molecule has 1 N–H and O–H groups in total. The van der Waals surface area contributed by atoms with Crippen molar-refractivity contribution in [2.24, 2.45) is 5.92 Å². The van der Waals surface area contributed by atoms with Crippen molar-refractivity contribution in [1.82, 2.24) is 4.31 Å². The molecule has 184 valence electrons. The summed E-state index contributed by atoms with van der Waals surface area (Å²) in [5.74, 6) is -0.405. The number of benzene rings is 3. The first kappa shape index (κ1) is 25.3. The van der Waals surface area contributed by atoms with Gasteiger partial charge in [-0.25, -0.2) is 8.42 Å². The first-order chi connectivity index (χ1) is 16.8. The first-order valence-corrected chi connectivity index (χ1v) is 13.9. The van der Waals surface area contributed by atoms with Gasteiger partial charge in [0.05, 0.1) is 24.0 Å². The van der Waals surface area contributed by atoms with Gasteiger partial charge in [0.15, 0.2) is 0 Å². The Balaban J connectivity index is 1.65. The van der Waals surface area contributed by atoms with Gasteiger partial charge in [0.1, 0.15) is 5.75 Å². The number of rotatable bonds is 8. The lowest BCUT2D eigenvalue weighted by atomic mass is 9.90. The Kier molecular flexibility index (Phi) is 7.84. The van der Waals surface area contributed by atoms with Crippen LogP contribution in [0.25, 0.3) is 0 Å². The number of piperidine rings is 1. The van der Waals surface area contributed by atoms with Gasteiger partial charge in [-0.1, -0.05) is 60.2 Å². The Hall–Kier alpha value is -2.81. The fraction of sp³-hybridized carbons (Fsp3) is 0.296. The minimum atomic E-state index is -3.89. The number of methoxy groups -OCH3 is 1. The molecule has 0 spiro atoms. The second kappa shape index (κ2) is 10.8. The van der Waals surface area contributed by atoms with Crippen molar-refractivity contribution < 1.29 is 23.1 Å². The van der Waals surface area contributed by atoms with Crippen molar-refractivity contribution in [3.8, 4) is 5.75 Å². The second-order valence-electron chi connectivity index (χ2n) is 8.69. The molecule has 1 aliphatic heterocycles. The predicted octanol–water partition coefficient (Wildman–Crippen LogP) is 5.14. The molecule has 3 aromatic carbocycles. The maximum atomic E-state index is 13.7. The van der Waals surface area contributed by atoms with Crippen molar-refractivity contribution in [3.05, 3.63) is 95.6 Å². The van der Waals surface area contributed by atoms with E-state index in [4.69, 9.17) is 4.74 Å². The van der Waals surface area contributed by atoms with Crippen molar-refractivity contribution in [2.45, 2.75) is 35.3 Å². The van der Waals surface area contributed by atoms with Crippen LogP contribution in [-0.4, -0.2) is 42.7 Å². The van der Waals surface area contributed by atoms with Gasteiger partial charge >= 0.3 is 5.97 Å². The van der Waals surface area contributed by atoms with Crippen LogP contribution in [0, 0.1) is 12.8 Å². The molecule has 0 unspecified atom stereocenters. The second-order valence-corrected chi connectivity index (χ2v) is 11.8. The zero-order chi connectivity index (χ0) is 25.0. The fourth-order valence-corrected chi connectivity index (χ4v) is 7.38. The van der Waals surface area contributed by atoms with Crippen LogP contribution < -0.4 is 4.74 Å².